The van der Waals surface area contributed by atoms with E-state index >= 15 is 0 Å². The quantitative estimate of drug-likeness (QED) is 0.194. The first-order valence-electron chi connectivity index (χ1n) is 11.8. The second kappa shape index (κ2) is 10.3. The Kier molecular flexibility index (Phi) is 6.76. The zero-order chi connectivity index (χ0) is 26.8. The minimum atomic E-state index is -0.536. The predicted octanol–water partition coefficient (Wildman–Crippen LogP) is 7.26. The number of hydrogen-bond acceptors (Lipinski definition) is 5. The molecule has 7 nitrogen and oxygen atoms in total. The number of urea groups is 1. The third-order valence-electron chi connectivity index (χ3n) is 5.96. The van der Waals surface area contributed by atoms with E-state index in [1.807, 2.05) is 48.7 Å². The fourth-order valence-electron chi connectivity index (χ4n) is 4.17. The Balaban J connectivity index is 1.38. The van der Waals surface area contributed by atoms with E-state index in [9.17, 15) is 14.0 Å². The average Bonchev–Trinajstić information content (AvgIpc) is 3.33. The number of pyridine rings is 1. The van der Waals surface area contributed by atoms with Crippen LogP contribution in [0, 0.1) is 12.7 Å². The Morgan fingerprint density at radius 2 is 1.50 bits per heavy atom. The summed E-state index contributed by atoms with van der Waals surface area (Å²) in [5.41, 5.74) is 12.3. The van der Waals surface area contributed by atoms with Crippen molar-refractivity contribution in [2.24, 2.45) is 0 Å². The second-order valence-corrected chi connectivity index (χ2v) is 9.69. The number of rotatable bonds is 5. The molecule has 2 aromatic heterocycles. The zero-order valence-electron chi connectivity index (χ0n) is 20.6. The van der Waals surface area contributed by atoms with E-state index in [4.69, 9.17) is 5.73 Å². The summed E-state index contributed by atoms with van der Waals surface area (Å²) >= 11 is 1.57. The number of amides is 3. The van der Waals surface area contributed by atoms with Crippen molar-refractivity contribution in [3.63, 3.8) is 0 Å². The second-order valence-electron chi connectivity index (χ2n) is 8.81. The average molecular weight is 526 g/mol. The minimum Gasteiger partial charge on any atom is -0.383 e. The number of fused-ring (bicyclic) bond motifs is 1. The smallest absolute Gasteiger partial charge is 0.323 e. The normalized spacial score (nSPS) is 10.8. The van der Waals surface area contributed by atoms with Crippen molar-refractivity contribution in [2.75, 3.05) is 21.7 Å². The van der Waals surface area contributed by atoms with Crippen LogP contribution < -0.4 is 21.7 Å². The molecule has 3 amide bonds. The molecule has 0 unspecified atom stereocenters. The van der Waals surface area contributed by atoms with Gasteiger partial charge in [0, 0.05) is 45.7 Å². The molecule has 5 N–H and O–H groups in total. The zero-order valence-corrected chi connectivity index (χ0v) is 21.4. The van der Waals surface area contributed by atoms with E-state index in [2.05, 4.69) is 20.9 Å². The highest BCUT2D eigenvalue weighted by atomic mass is 32.1. The first-order chi connectivity index (χ1) is 18.3. The van der Waals surface area contributed by atoms with Crippen LogP contribution in [-0.2, 0) is 4.79 Å². The number of nitrogen functional groups attached to an aromatic ring is 1. The van der Waals surface area contributed by atoms with Crippen molar-refractivity contribution in [3.05, 3.63) is 89.7 Å². The lowest BCUT2D eigenvalue weighted by Gasteiger charge is -2.10. The molecule has 38 heavy (non-hydrogen) atoms. The number of nitrogens with two attached hydrogens (primary N) is 1. The predicted molar refractivity (Wildman–Crippen MR) is 153 cm³/mol. The van der Waals surface area contributed by atoms with E-state index in [1.54, 1.807) is 41.8 Å². The van der Waals surface area contributed by atoms with Crippen LogP contribution in [0.3, 0.4) is 0 Å². The molecule has 0 aliphatic rings. The van der Waals surface area contributed by atoms with Crippen molar-refractivity contribution in [1.29, 1.82) is 0 Å². The Morgan fingerprint density at radius 3 is 2.16 bits per heavy atom. The van der Waals surface area contributed by atoms with E-state index in [0.29, 0.717) is 11.5 Å². The number of anilines is 4. The van der Waals surface area contributed by atoms with Crippen molar-refractivity contribution < 1.29 is 14.0 Å². The first kappa shape index (κ1) is 24.9. The monoisotopic (exact) mass is 525 g/mol. The van der Waals surface area contributed by atoms with Crippen molar-refractivity contribution >= 4 is 56.2 Å². The maximum atomic E-state index is 14.0. The van der Waals surface area contributed by atoms with Gasteiger partial charge in [-0.3, -0.25) is 4.79 Å². The van der Waals surface area contributed by atoms with E-state index in [1.165, 1.54) is 13.0 Å². The van der Waals surface area contributed by atoms with Crippen LogP contribution in [0.25, 0.3) is 32.3 Å². The molecular formula is C29H24FN5O2S. The summed E-state index contributed by atoms with van der Waals surface area (Å²) in [5.74, 6) is -0.199. The third-order valence-corrected chi connectivity index (χ3v) is 6.98. The Bertz CT molecular complexity index is 1660. The van der Waals surface area contributed by atoms with Crippen molar-refractivity contribution in [1.82, 2.24) is 4.98 Å². The Hall–Kier alpha value is -4.76. The summed E-state index contributed by atoms with van der Waals surface area (Å²) in [6.45, 7) is 3.29. The summed E-state index contributed by atoms with van der Waals surface area (Å²) in [4.78, 5) is 28.2. The van der Waals surface area contributed by atoms with Crippen LogP contribution in [-0.4, -0.2) is 16.9 Å². The van der Waals surface area contributed by atoms with E-state index < -0.39 is 11.8 Å². The molecule has 0 bridgehead atoms. The van der Waals surface area contributed by atoms with Gasteiger partial charge >= 0.3 is 6.03 Å². The van der Waals surface area contributed by atoms with Gasteiger partial charge in [0.15, 0.2) is 0 Å². The van der Waals surface area contributed by atoms with Crippen molar-refractivity contribution in [3.8, 4) is 22.3 Å². The minimum absolute atomic E-state index is 0.118. The lowest BCUT2D eigenvalue weighted by molar-refractivity contribution is -0.114. The number of benzene rings is 3. The number of carbonyl (C=O) groups excluding carboxylic acids is 2. The van der Waals surface area contributed by atoms with Gasteiger partial charge in [0.2, 0.25) is 5.91 Å². The highest BCUT2D eigenvalue weighted by molar-refractivity contribution is 7.18. The van der Waals surface area contributed by atoms with Gasteiger partial charge in [0.05, 0.1) is 5.69 Å². The highest BCUT2D eigenvalue weighted by Crippen LogP contribution is 2.42. The Labute approximate surface area is 222 Å². The molecule has 3 aromatic carbocycles. The molecule has 2 heterocycles. The number of aromatic nitrogens is 1. The first-order valence-corrected chi connectivity index (χ1v) is 12.6. The van der Waals surface area contributed by atoms with Gasteiger partial charge in [-0.25, -0.2) is 14.2 Å². The topological polar surface area (TPSA) is 109 Å². The summed E-state index contributed by atoms with van der Waals surface area (Å²) in [6.07, 6.45) is 1.76. The summed E-state index contributed by atoms with van der Waals surface area (Å²) in [5, 5.41) is 10.9. The molecule has 0 aliphatic carbocycles. The molecule has 0 atom stereocenters. The number of nitrogens with one attached hydrogen (secondary N) is 3. The Morgan fingerprint density at radius 1 is 0.868 bits per heavy atom. The molecule has 5 aromatic rings. The molecule has 0 spiro atoms. The van der Waals surface area contributed by atoms with Crippen LogP contribution in [0.2, 0.25) is 0 Å². The van der Waals surface area contributed by atoms with Crippen LogP contribution in [0.15, 0.2) is 78.3 Å². The lowest BCUT2D eigenvalue weighted by atomic mass is 10.0. The summed E-state index contributed by atoms with van der Waals surface area (Å²) in [6, 6.07) is 18.9. The number of carbonyl (C=O) groups is 2. The molecule has 190 valence electrons. The molecule has 0 saturated heterocycles. The van der Waals surface area contributed by atoms with Crippen LogP contribution in [0.4, 0.5) is 32.1 Å². The van der Waals surface area contributed by atoms with Gasteiger partial charge in [-0.1, -0.05) is 30.3 Å². The highest BCUT2D eigenvalue weighted by Gasteiger charge is 2.16. The molecule has 0 fully saturated rings. The third kappa shape index (κ3) is 5.18. The maximum absolute atomic E-state index is 14.0. The molecular weight excluding hydrogens is 501 g/mol. The van der Waals surface area contributed by atoms with E-state index in [0.717, 1.165) is 43.6 Å². The van der Waals surface area contributed by atoms with Gasteiger partial charge in [0.1, 0.15) is 11.6 Å². The lowest BCUT2D eigenvalue weighted by Crippen LogP contribution is -2.20. The van der Waals surface area contributed by atoms with Gasteiger partial charge in [0.25, 0.3) is 0 Å². The molecule has 5 rings (SSSR count). The van der Waals surface area contributed by atoms with Gasteiger partial charge in [-0.15, -0.1) is 11.3 Å². The number of halogens is 1. The fraction of sp³-hybridized carbons (Fsp3) is 0.0690. The number of nitrogens with zero attached hydrogens (tertiary/aromatic N) is 1. The number of aryl methyl sites for hydroxylation is 1. The summed E-state index contributed by atoms with van der Waals surface area (Å²) < 4.78 is 15.0. The van der Waals surface area contributed by atoms with Gasteiger partial charge in [-0.2, -0.15) is 0 Å². The largest absolute Gasteiger partial charge is 0.383 e. The van der Waals surface area contributed by atoms with Crippen LogP contribution in [0.1, 0.15) is 12.5 Å². The summed E-state index contributed by atoms with van der Waals surface area (Å²) in [7, 11) is 0. The molecule has 9 heteroatoms. The fourth-order valence-corrected chi connectivity index (χ4v) is 5.29. The van der Waals surface area contributed by atoms with Gasteiger partial charge < -0.3 is 21.7 Å². The number of thiophene rings is 1. The standard InChI is InChI=1S/C29H24FN5O2S/c1-16-3-12-24(30)25(13-16)35-29(37)34-21-10-6-19(7-11-21)23-15-38-27-22(14-32-28(31)26(23)27)18-4-8-20(9-5-18)33-17(2)36/h3-15H,1-2H3,(H2,31,32)(H,33,36)(H2,34,35,37). The van der Waals surface area contributed by atoms with Crippen molar-refractivity contribution in [2.45, 2.75) is 13.8 Å². The number of hydrogen-bond donors (Lipinski definition) is 4. The van der Waals surface area contributed by atoms with E-state index in [-0.39, 0.29) is 11.6 Å². The van der Waals surface area contributed by atoms with Crippen LogP contribution >= 0.6 is 11.3 Å². The maximum Gasteiger partial charge on any atom is 0.323 e. The molecule has 0 radical (unpaired) electrons. The molecule has 0 saturated carbocycles. The van der Waals surface area contributed by atoms with Crippen LogP contribution in [0.5, 0.6) is 0 Å². The van der Waals surface area contributed by atoms with Gasteiger partial charge in [-0.05, 0) is 65.4 Å². The SMILES string of the molecule is CC(=O)Nc1ccc(-c2cnc(N)c3c(-c4ccc(NC(=O)Nc5cc(C)ccc5F)cc4)csc23)cc1. The molecule has 0 aliphatic heterocycles.